The largest absolute Gasteiger partial charge is 0.497 e. The van der Waals surface area contributed by atoms with Crippen molar-refractivity contribution in [3.63, 3.8) is 0 Å². The average Bonchev–Trinajstić information content (AvgIpc) is 2.84. The van der Waals surface area contributed by atoms with Crippen molar-refractivity contribution in [3.8, 4) is 17.2 Å². The molecule has 1 aliphatic rings. The van der Waals surface area contributed by atoms with Crippen molar-refractivity contribution in [1.82, 2.24) is 0 Å². The highest BCUT2D eigenvalue weighted by Gasteiger charge is 2.39. The topological polar surface area (TPSA) is 36.9 Å². The molecule has 4 heteroatoms. The Balaban J connectivity index is 2.13. The number of methoxy groups -OCH3 is 3. The summed E-state index contributed by atoms with van der Waals surface area (Å²) in [5.41, 5.74) is 2.87. The molecule has 2 aromatic carbocycles. The molecule has 1 aliphatic heterocycles. The molecule has 1 heterocycles. The fourth-order valence-electron chi connectivity index (χ4n) is 3.11. The number of hydrogen-bond donors (Lipinski definition) is 0. The predicted octanol–water partition coefficient (Wildman–Crippen LogP) is 4.07. The third-order valence-electron chi connectivity index (χ3n) is 4.30. The number of fused-ring (bicyclic) bond motifs is 1. The Morgan fingerprint density at radius 1 is 0.913 bits per heavy atom. The second kappa shape index (κ2) is 5.78. The van der Waals surface area contributed by atoms with Crippen LogP contribution in [0, 0.1) is 0 Å². The molecule has 0 saturated carbocycles. The molecule has 0 aromatic heterocycles. The van der Waals surface area contributed by atoms with Gasteiger partial charge >= 0.3 is 0 Å². The summed E-state index contributed by atoms with van der Waals surface area (Å²) in [4.78, 5) is 0. The summed E-state index contributed by atoms with van der Waals surface area (Å²) in [6.45, 7) is 4.13. The monoisotopic (exact) mass is 314 g/mol. The summed E-state index contributed by atoms with van der Waals surface area (Å²) in [6.07, 6.45) is -0.157. The molecule has 0 aliphatic carbocycles. The standard InChI is InChI=1S/C19H22O4/c1-19(2)15-11-17(22-5)16(21-4)10-14(15)18(23-19)12-7-6-8-13(9-12)20-3/h6-11,18H,1-5H3/t18-/m0/s1. The van der Waals surface area contributed by atoms with E-state index in [1.807, 2.05) is 30.3 Å². The molecule has 0 N–H and O–H groups in total. The van der Waals surface area contributed by atoms with Gasteiger partial charge in [0.15, 0.2) is 11.5 Å². The molecular weight excluding hydrogens is 292 g/mol. The maximum absolute atomic E-state index is 6.34. The lowest BCUT2D eigenvalue weighted by Crippen LogP contribution is -2.16. The van der Waals surface area contributed by atoms with E-state index in [2.05, 4.69) is 19.9 Å². The lowest BCUT2D eigenvalue weighted by molar-refractivity contribution is -0.0341. The third kappa shape index (κ3) is 2.63. The van der Waals surface area contributed by atoms with Gasteiger partial charge in [-0.2, -0.15) is 0 Å². The molecule has 0 radical (unpaired) electrons. The predicted molar refractivity (Wildman–Crippen MR) is 88.5 cm³/mol. The van der Waals surface area contributed by atoms with Crippen LogP contribution >= 0.6 is 0 Å². The summed E-state index contributed by atoms with van der Waals surface area (Å²) < 4.78 is 22.6. The van der Waals surface area contributed by atoms with E-state index in [1.54, 1.807) is 21.3 Å². The van der Waals surface area contributed by atoms with Gasteiger partial charge in [0, 0.05) is 0 Å². The SMILES string of the molecule is COc1cccc([C@@H]2OC(C)(C)c3cc(OC)c(OC)cc32)c1. The molecule has 4 nitrogen and oxygen atoms in total. The van der Waals surface area contributed by atoms with Crippen molar-refractivity contribution in [2.45, 2.75) is 25.6 Å². The summed E-state index contributed by atoms with van der Waals surface area (Å²) >= 11 is 0. The minimum atomic E-state index is -0.400. The van der Waals surface area contributed by atoms with E-state index in [4.69, 9.17) is 18.9 Å². The zero-order valence-electron chi connectivity index (χ0n) is 14.2. The second-order valence-corrected chi connectivity index (χ2v) is 6.08. The first-order chi connectivity index (χ1) is 11.0. The normalized spacial score (nSPS) is 18.4. The summed E-state index contributed by atoms with van der Waals surface area (Å²) in [5.74, 6) is 2.24. The third-order valence-corrected chi connectivity index (χ3v) is 4.30. The van der Waals surface area contributed by atoms with Gasteiger partial charge in [0.05, 0.1) is 26.9 Å². The van der Waals surface area contributed by atoms with Crippen LogP contribution in [-0.4, -0.2) is 21.3 Å². The minimum Gasteiger partial charge on any atom is -0.497 e. The van der Waals surface area contributed by atoms with E-state index < -0.39 is 5.60 Å². The fraction of sp³-hybridized carbons (Fsp3) is 0.368. The highest BCUT2D eigenvalue weighted by molar-refractivity contribution is 5.54. The molecular formula is C19H22O4. The molecule has 3 rings (SSSR count). The smallest absolute Gasteiger partial charge is 0.161 e. The van der Waals surface area contributed by atoms with Gasteiger partial charge in [0.1, 0.15) is 11.9 Å². The summed E-state index contributed by atoms with van der Waals surface area (Å²) in [5, 5.41) is 0. The number of ether oxygens (including phenoxy) is 4. The van der Waals surface area contributed by atoms with E-state index in [-0.39, 0.29) is 6.10 Å². The molecule has 0 fully saturated rings. The molecule has 0 saturated heterocycles. The van der Waals surface area contributed by atoms with E-state index in [1.165, 1.54) is 0 Å². The van der Waals surface area contributed by atoms with Crippen molar-refractivity contribution in [2.75, 3.05) is 21.3 Å². The fourth-order valence-corrected chi connectivity index (χ4v) is 3.11. The van der Waals surface area contributed by atoms with Gasteiger partial charge in [-0.15, -0.1) is 0 Å². The highest BCUT2D eigenvalue weighted by Crippen LogP contribution is 2.49. The van der Waals surface area contributed by atoms with Crippen molar-refractivity contribution < 1.29 is 18.9 Å². The first kappa shape index (κ1) is 15.7. The molecule has 23 heavy (non-hydrogen) atoms. The molecule has 0 unspecified atom stereocenters. The van der Waals surface area contributed by atoms with Gasteiger partial charge in [-0.05, 0) is 54.8 Å². The molecule has 0 bridgehead atoms. The van der Waals surface area contributed by atoms with Crippen LogP contribution in [0.25, 0.3) is 0 Å². The molecule has 0 spiro atoms. The van der Waals surface area contributed by atoms with Gasteiger partial charge in [-0.3, -0.25) is 0 Å². The van der Waals surface area contributed by atoms with Crippen molar-refractivity contribution >= 4 is 0 Å². The van der Waals surface area contributed by atoms with Gasteiger partial charge in [0.2, 0.25) is 0 Å². The van der Waals surface area contributed by atoms with Gasteiger partial charge in [0.25, 0.3) is 0 Å². The minimum absolute atomic E-state index is 0.157. The summed E-state index contributed by atoms with van der Waals surface area (Å²) in [7, 11) is 4.96. The highest BCUT2D eigenvalue weighted by atomic mass is 16.5. The summed E-state index contributed by atoms with van der Waals surface area (Å²) in [6, 6.07) is 12.0. The first-order valence-electron chi connectivity index (χ1n) is 7.58. The van der Waals surface area contributed by atoms with Crippen LogP contribution in [0.3, 0.4) is 0 Å². The van der Waals surface area contributed by atoms with E-state index in [0.717, 1.165) is 22.4 Å². The lowest BCUT2D eigenvalue weighted by Gasteiger charge is -2.21. The second-order valence-electron chi connectivity index (χ2n) is 6.08. The molecule has 0 amide bonds. The zero-order chi connectivity index (χ0) is 16.6. The number of hydrogen-bond acceptors (Lipinski definition) is 4. The van der Waals surface area contributed by atoms with Crippen LogP contribution in [0.5, 0.6) is 17.2 Å². The molecule has 1 atom stereocenters. The number of rotatable bonds is 4. The van der Waals surface area contributed by atoms with Crippen molar-refractivity contribution in [3.05, 3.63) is 53.1 Å². The molecule has 2 aromatic rings. The van der Waals surface area contributed by atoms with Crippen LogP contribution in [0.2, 0.25) is 0 Å². The maximum Gasteiger partial charge on any atom is 0.161 e. The Morgan fingerprint density at radius 2 is 1.61 bits per heavy atom. The van der Waals surface area contributed by atoms with E-state index in [9.17, 15) is 0 Å². The van der Waals surface area contributed by atoms with Gasteiger partial charge < -0.3 is 18.9 Å². The zero-order valence-corrected chi connectivity index (χ0v) is 14.2. The average molecular weight is 314 g/mol. The Morgan fingerprint density at radius 3 is 2.26 bits per heavy atom. The Kier molecular flexibility index (Phi) is 3.94. The van der Waals surface area contributed by atoms with Gasteiger partial charge in [-0.1, -0.05) is 12.1 Å². The first-order valence-corrected chi connectivity index (χ1v) is 7.58. The molecule has 122 valence electrons. The van der Waals surface area contributed by atoms with Crippen LogP contribution in [0.1, 0.15) is 36.6 Å². The number of benzene rings is 2. The van der Waals surface area contributed by atoms with Gasteiger partial charge in [-0.25, -0.2) is 0 Å². The Labute approximate surface area is 136 Å². The van der Waals surface area contributed by atoms with Crippen LogP contribution < -0.4 is 14.2 Å². The van der Waals surface area contributed by atoms with Crippen molar-refractivity contribution in [2.24, 2.45) is 0 Å². The van der Waals surface area contributed by atoms with Crippen LogP contribution in [0.4, 0.5) is 0 Å². The van der Waals surface area contributed by atoms with E-state index >= 15 is 0 Å². The van der Waals surface area contributed by atoms with E-state index in [0.29, 0.717) is 11.5 Å². The van der Waals surface area contributed by atoms with Crippen LogP contribution in [-0.2, 0) is 10.3 Å². The van der Waals surface area contributed by atoms with Crippen LogP contribution in [0.15, 0.2) is 36.4 Å². The lowest BCUT2D eigenvalue weighted by atomic mass is 9.92. The Hall–Kier alpha value is -2.20. The quantitative estimate of drug-likeness (QED) is 0.852. The van der Waals surface area contributed by atoms with Crippen molar-refractivity contribution in [1.29, 1.82) is 0 Å². The Bertz CT molecular complexity index is 721. The maximum atomic E-state index is 6.34.